The van der Waals surface area contributed by atoms with Crippen molar-refractivity contribution >= 4 is 5.91 Å². The number of benzene rings is 1. The van der Waals surface area contributed by atoms with Crippen molar-refractivity contribution in [2.45, 2.75) is 52.2 Å². The Morgan fingerprint density at radius 2 is 1.89 bits per heavy atom. The van der Waals surface area contributed by atoms with Gasteiger partial charge in [0.25, 0.3) is 0 Å². The average Bonchev–Trinajstić information content (AvgIpc) is 3.08. The SMILES string of the molecule is Cc1cc(C)cc(CNC(C)C(=O)NC2CC2)c1. The number of carbonyl (C=O) groups is 1. The highest BCUT2D eigenvalue weighted by Crippen LogP contribution is 2.18. The topological polar surface area (TPSA) is 41.1 Å². The van der Waals surface area contributed by atoms with E-state index in [1.165, 1.54) is 16.7 Å². The van der Waals surface area contributed by atoms with Crippen molar-refractivity contribution in [2.75, 3.05) is 0 Å². The molecule has 3 nitrogen and oxygen atoms in total. The van der Waals surface area contributed by atoms with E-state index in [0.29, 0.717) is 6.04 Å². The number of nitrogens with one attached hydrogen (secondary N) is 2. The fourth-order valence-corrected chi connectivity index (χ4v) is 2.09. The molecule has 0 aliphatic heterocycles. The summed E-state index contributed by atoms with van der Waals surface area (Å²) in [4.78, 5) is 11.8. The Balaban J connectivity index is 1.83. The van der Waals surface area contributed by atoms with Gasteiger partial charge >= 0.3 is 0 Å². The third-order valence-corrected chi connectivity index (χ3v) is 3.21. The lowest BCUT2D eigenvalue weighted by Crippen LogP contribution is -2.42. The van der Waals surface area contributed by atoms with E-state index >= 15 is 0 Å². The maximum Gasteiger partial charge on any atom is 0.237 e. The molecule has 1 fully saturated rings. The molecule has 1 atom stereocenters. The van der Waals surface area contributed by atoms with Crippen LogP contribution in [0.1, 0.15) is 36.5 Å². The fourth-order valence-electron chi connectivity index (χ4n) is 2.09. The Kier molecular flexibility index (Phi) is 4.02. The molecule has 2 N–H and O–H groups in total. The van der Waals surface area contributed by atoms with Crippen LogP contribution in [0.4, 0.5) is 0 Å². The predicted molar refractivity (Wildman–Crippen MR) is 73.4 cm³/mol. The lowest BCUT2D eigenvalue weighted by Gasteiger charge is -2.14. The van der Waals surface area contributed by atoms with E-state index in [2.05, 4.69) is 42.7 Å². The summed E-state index contributed by atoms with van der Waals surface area (Å²) in [7, 11) is 0. The molecule has 1 saturated carbocycles. The first-order valence-corrected chi connectivity index (χ1v) is 6.65. The van der Waals surface area contributed by atoms with Crippen LogP contribution in [0.2, 0.25) is 0 Å². The third-order valence-electron chi connectivity index (χ3n) is 3.21. The second kappa shape index (κ2) is 5.53. The van der Waals surface area contributed by atoms with Crippen LogP contribution in [-0.2, 0) is 11.3 Å². The second-order valence-corrected chi connectivity index (χ2v) is 5.38. The standard InChI is InChI=1S/C15H22N2O/c1-10-6-11(2)8-13(7-10)9-16-12(3)15(18)17-14-4-5-14/h6-8,12,14,16H,4-5,9H2,1-3H3,(H,17,18). The Labute approximate surface area is 109 Å². The molecule has 0 heterocycles. The van der Waals surface area contributed by atoms with Crippen molar-refractivity contribution < 1.29 is 4.79 Å². The molecule has 0 aromatic heterocycles. The zero-order valence-electron chi connectivity index (χ0n) is 11.4. The van der Waals surface area contributed by atoms with Crippen molar-refractivity contribution in [1.29, 1.82) is 0 Å². The summed E-state index contributed by atoms with van der Waals surface area (Å²) < 4.78 is 0. The molecule has 3 heteroatoms. The molecule has 0 radical (unpaired) electrons. The highest BCUT2D eigenvalue weighted by atomic mass is 16.2. The molecule has 0 bridgehead atoms. The molecule has 18 heavy (non-hydrogen) atoms. The summed E-state index contributed by atoms with van der Waals surface area (Å²) in [6.45, 7) is 6.85. The molecular weight excluding hydrogens is 224 g/mol. The molecule has 2 rings (SSSR count). The van der Waals surface area contributed by atoms with Crippen molar-refractivity contribution in [3.63, 3.8) is 0 Å². The number of rotatable bonds is 5. The summed E-state index contributed by atoms with van der Waals surface area (Å²) in [6, 6.07) is 6.78. The zero-order valence-corrected chi connectivity index (χ0v) is 11.4. The number of amides is 1. The summed E-state index contributed by atoms with van der Waals surface area (Å²) >= 11 is 0. The minimum atomic E-state index is -0.133. The maximum absolute atomic E-state index is 11.8. The zero-order chi connectivity index (χ0) is 13.1. The summed E-state index contributed by atoms with van der Waals surface area (Å²) in [6.07, 6.45) is 2.27. The van der Waals surface area contributed by atoms with Gasteiger partial charge < -0.3 is 10.6 Å². The summed E-state index contributed by atoms with van der Waals surface area (Å²) in [5, 5.41) is 6.29. The quantitative estimate of drug-likeness (QED) is 0.835. The molecule has 1 aliphatic rings. The van der Waals surface area contributed by atoms with Crippen LogP contribution in [0.25, 0.3) is 0 Å². The van der Waals surface area contributed by atoms with Crippen LogP contribution >= 0.6 is 0 Å². The molecule has 1 aromatic rings. The number of hydrogen-bond donors (Lipinski definition) is 2. The molecule has 1 amide bonds. The smallest absolute Gasteiger partial charge is 0.237 e. The van der Waals surface area contributed by atoms with Crippen molar-refractivity contribution in [2.24, 2.45) is 0 Å². The number of aryl methyl sites for hydroxylation is 2. The Bertz CT molecular complexity index is 418. The second-order valence-electron chi connectivity index (χ2n) is 5.38. The molecule has 0 spiro atoms. The Hall–Kier alpha value is -1.35. The van der Waals surface area contributed by atoms with Gasteiger partial charge in [-0.3, -0.25) is 4.79 Å². The average molecular weight is 246 g/mol. The first kappa shape index (κ1) is 13.1. The minimum Gasteiger partial charge on any atom is -0.352 e. The van der Waals surface area contributed by atoms with Gasteiger partial charge in [0.1, 0.15) is 0 Å². The molecule has 0 saturated heterocycles. The fraction of sp³-hybridized carbons (Fsp3) is 0.533. The van der Waals surface area contributed by atoms with Gasteiger partial charge in [-0.15, -0.1) is 0 Å². The van der Waals surface area contributed by atoms with Crippen LogP contribution in [0.15, 0.2) is 18.2 Å². The van der Waals surface area contributed by atoms with E-state index in [0.717, 1.165) is 19.4 Å². The third kappa shape index (κ3) is 3.84. The van der Waals surface area contributed by atoms with Gasteiger partial charge in [0.2, 0.25) is 5.91 Å². The lowest BCUT2D eigenvalue weighted by atomic mass is 10.1. The monoisotopic (exact) mass is 246 g/mol. The van der Waals surface area contributed by atoms with Crippen molar-refractivity contribution in [1.82, 2.24) is 10.6 Å². The molecule has 98 valence electrons. The normalized spacial score (nSPS) is 16.4. The van der Waals surface area contributed by atoms with E-state index in [9.17, 15) is 4.79 Å². The van der Waals surface area contributed by atoms with Crippen LogP contribution in [0.3, 0.4) is 0 Å². The van der Waals surface area contributed by atoms with Crippen LogP contribution < -0.4 is 10.6 Å². The maximum atomic E-state index is 11.8. The van der Waals surface area contributed by atoms with Gasteiger partial charge in [-0.2, -0.15) is 0 Å². The van der Waals surface area contributed by atoms with Crippen LogP contribution in [0, 0.1) is 13.8 Å². The lowest BCUT2D eigenvalue weighted by molar-refractivity contribution is -0.122. The van der Waals surface area contributed by atoms with E-state index in [-0.39, 0.29) is 11.9 Å². The first-order valence-electron chi connectivity index (χ1n) is 6.65. The van der Waals surface area contributed by atoms with Gasteiger partial charge in [0.15, 0.2) is 0 Å². The minimum absolute atomic E-state index is 0.113. The highest BCUT2D eigenvalue weighted by molar-refractivity contribution is 5.81. The van der Waals surface area contributed by atoms with E-state index in [1.807, 2.05) is 6.92 Å². The number of carbonyl (C=O) groups excluding carboxylic acids is 1. The Morgan fingerprint density at radius 1 is 1.28 bits per heavy atom. The highest BCUT2D eigenvalue weighted by Gasteiger charge is 2.25. The van der Waals surface area contributed by atoms with Gasteiger partial charge in [-0.1, -0.05) is 29.3 Å². The van der Waals surface area contributed by atoms with Gasteiger partial charge in [0.05, 0.1) is 6.04 Å². The van der Waals surface area contributed by atoms with Crippen LogP contribution in [0.5, 0.6) is 0 Å². The first-order chi connectivity index (χ1) is 8.54. The van der Waals surface area contributed by atoms with Gasteiger partial charge in [0, 0.05) is 12.6 Å². The largest absolute Gasteiger partial charge is 0.352 e. The van der Waals surface area contributed by atoms with Gasteiger partial charge in [-0.25, -0.2) is 0 Å². The van der Waals surface area contributed by atoms with E-state index < -0.39 is 0 Å². The van der Waals surface area contributed by atoms with Crippen LogP contribution in [-0.4, -0.2) is 18.0 Å². The summed E-state index contributed by atoms with van der Waals surface area (Å²) in [5.41, 5.74) is 3.77. The Morgan fingerprint density at radius 3 is 2.44 bits per heavy atom. The molecule has 1 unspecified atom stereocenters. The van der Waals surface area contributed by atoms with Crippen molar-refractivity contribution in [3.8, 4) is 0 Å². The molecular formula is C15H22N2O. The van der Waals surface area contributed by atoms with Gasteiger partial charge in [-0.05, 0) is 39.2 Å². The van der Waals surface area contributed by atoms with E-state index in [4.69, 9.17) is 0 Å². The van der Waals surface area contributed by atoms with E-state index in [1.54, 1.807) is 0 Å². The molecule has 1 aromatic carbocycles. The number of hydrogen-bond acceptors (Lipinski definition) is 2. The summed E-state index contributed by atoms with van der Waals surface area (Å²) in [5.74, 6) is 0.113. The molecule has 1 aliphatic carbocycles. The predicted octanol–water partition coefficient (Wildman–Crippen LogP) is 2.06. The van der Waals surface area contributed by atoms with Crippen molar-refractivity contribution in [3.05, 3.63) is 34.9 Å².